The Morgan fingerprint density at radius 3 is 1.53 bits per heavy atom. The molecule has 4 fully saturated rings. The second-order valence-electron chi connectivity index (χ2n) is 16.2. The SMILES string of the molecule is CC(=O)O[C@@H]1[C@@H](OC(C)=O)[C@H](N=[N+]=[N-])C[C@H](N=[N+]=[N-])[C@H]1O[C@H]1O[C@H](CN=[N+]=[N-])[C@H](OC(=O)c2ccc([N+](=O)[O-])cc2)[C@H](F)[C@H]1N=[N+]=[N-].[N-]=[N+]=NC[C@H]1O[C@H](O[C@H]2[C@H](O)[C@@H](O)[C@H](N=[N+]=[N-])C[C@@H]2N=[N+]=[N-])[C@H](N=[N+]=[N-])[C@@H](F)[C@H]1O. The Hall–Kier alpha value is -8.91. The minimum absolute atomic E-state index is 0.209. The molecule has 2 saturated carbocycles. The number of non-ortho nitro benzene ring substituents is 1. The highest BCUT2D eigenvalue weighted by Gasteiger charge is 2.55. The molecule has 0 spiro atoms. The highest BCUT2D eigenvalue weighted by Crippen LogP contribution is 2.38. The number of rotatable bonds is 19. The monoisotopic (exact) mass is 1090 g/mol. The first kappa shape index (κ1) is 60.6. The van der Waals surface area contributed by atoms with Crippen molar-refractivity contribution in [3.63, 3.8) is 0 Å². The molecule has 4 aliphatic rings. The number of carbonyl (C=O) groups excluding carboxylic acids is 3. The van der Waals surface area contributed by atoms with E-state index in [0.29, 0.717) is 0 Å². The van der Waals surface area contributed by atoms with Crippen LogP contribution in [0.5, 0.6) is 0 Å². The van der Waals surface area contributed by atoms with Gasteiger partial charge in [0.2, 0.25) is 0 Å². The van der Waals surface area contributed by atoms with Gasteiger partial charge in [-0.05, 0) is 69.2 Å². The number of nitro groups is 1. The third-order valence-electron chi connectivity index (χ3n) is 11.6. The van der Waals surface area contributed by atoms with Gasteiger partial charge >= 0.3 is 17.9 Å². The van der Waals surface area contributed by atoms with Crippen LogP contribution < -0.4 is 0 Å². The van der Waals surface area contributed by atoms with Crippen LogP contribution in [0.25, 0.3) is 83.5 Å². The predicted octanol–water partition coefficient (Wildman–Crippen LogP) is 5.45. The second kappa shape index (κ2) is 29.3. The first-order chi connectivity index (χ1) is 36.8. The molecule has 0 amide bonds. The van der Waals surface area contributed by atoms with E-state index in [1.807, 2.05) is 0 Å². The van der Waals surface area contributed by atoms with Crippen molar-refractivity contribution in [2.24, 2.45) is 40.9 Å². The van der Waals surface area contributed by atoms with Crippen LogP contribution in [0, 0.1) is 10.1 Å². The number of halogens is 2. The maximum atomic E-state index is 16.2. The summed E-state index contributed by atoms with van der Waals surface area (Å²) in [5.41, 5.74) is 70.4. The van der Waals surface area contributed by atoms with Crippen molar-refractivity contribution in [2.45, 2.75) is 149 Å². The number of hydrogen-bond donors (Lipinski definition) is 3. The Labute approximate surface area is 426 Å². The molecule has 2 heterocycles. The molecule has 5 rings (SSSR count). The van der Waals surface area contributed by atoms with Gasteiger partial charge in [-0.25, -0.2) is 13.6 Å². The molecule has 1 aromatic rings. The average molecular weight is 1090 g/mol. The van der Waals surface area contributed by atoms with Crippen LogP contribution in [0.1, 0.15) is 37.0 Å². The normalized spacial score (nSPS) is 33.9. The van der Waals surface area contributed by atoms with Crippen molar-refractivity contribution in [2.75, 3.05) is 13.1 Å². The van der Waals surface area contributed by atoms with Crippen molar-refractivity contribution >= 4 is 23.6 Å². The molecule has 2 saturated heterocycles. The molecule has 410 valence electrons. The van der Waals surface area contributed by atoms with Gasteiger partial charge in [-0.1, -0.05) is 40.9 Å². The zero-order chi connectivity index (χ0) is 56.9. The summed E-state index contributed by atoms with van der Waals surface area (Å²) < 4.78 is 69.3. The minimum atomic E-state index is -2.42. The fraction of sp³-hybridized carbons (Fsp3) is 0.743. The van der Waals surface area contributed by atoms with E-state index in [1.165, 1.54) is 0 Å². The van der Waals surface area contributed by atoms with Crippen LogP contribution in [0.15, 0.2) is 65.2 Å². The summed E-state index contributed by atoms with van der Waals surface area (Å²) in [6.07, 6.45) is -25.0. The van der Waals surface area contributed by atoms with Gasteiger partial charge in [-0.3, -0.25) is 19.7 Å². The number of carbonyl (C=O) groups is 3. The fourth-order valence-electron chi connectivity index (χ4n) is 8.28. The van der Waals surface area contributed by atoms with Crippen molar-refractivity contribution in [1.29, 1.82) is 0 Å². The number of hydrogen-bond acceptors (Lipinski definition) is 23. The number of alkyl halides is 2. The molecular formula is C35H41F2N25O15. The van der Waals surface area contributed by atoms with Crippen LogP contribution in [0.3, 0.4) is 0 Å². The highest BCUT2D eigenvalue weighted by atomic mass is 19.1. The number of nitrogens with zero attached hydrogens (tertiary/aromatic N) is 25. The van der Waals surface area contributed by atoms with E-state index >= 15 is 4.39 Å². The lowest BCUT2D eigenvalue weighted by Crippen LogP contribution is -2.63. The minimum Gasteiger partial charge on any atom is -0.458 e. The molecule has 0 aromatic heterocycles. The quantitative estimate of drug-likeness (QED) is 0.0295. The summed E-state index contributed by atoms with van der Waals surface area (Å²) in [5.74, 6) is -3.00. The third kappa shape index (κ3) is 15.6. The fourth-order valence-corrected chi connectivity index (χ4v) is 8.28. The van der Waals surface area contributed by atoms with E-state index in [2.05, 4.69) is 80.2 Å². The largest absolute Gasteiger partial charge is 0.458 e. The Kier molecular flexibility index (Phi) is 23.0. The maximum absolute atomic E-state index is 16.2. The molecule has 77 heavy (non-hydrogen) atoms. The topological polar surface area (TPSA) is 610 Å². The van der Waals surface area contributed by atoms with Crippen molar-refractivity contribution < 1.29 is 76.6 Å². The van der Waals surface area contributed by atoms with E-state index in [-0.39, 0.29) is 24.1 Å². The van der Waals surface area contributed by atoms with Crippen LogP contribution in [-0.2, 0) is 42.7 Å². The molecule has 1 aromatic carbocycles. The van der Waals surface area contributed by atoms with Crippen LogP contribution in [0.4, 0.5) is 14.5 Å². The first-order valence-corrected chi connectivity index (χ1v) is 21.9. The van der Waals surface area contributed by atoms with Crippen LogP contribution in [-0.4, -0.2) is 173 Å². The van der Waals surface area contributed by atoms with Crippen molar-refractivity contribution in [3.8, 4) is 0 Å². The highest BCUT2D eigenvalue weighted by molar-refractivity contribution is 5.89. The molecule has 20 atom stereocenters. The lowest BCUT2D eigenvalue weighted by Gasteiger charge is -2.46. The van der Waals surface area contributed by atoms with Gasteiger partial charge in [-0.2, -0.15) is 0 Å². The lowest BCUT2D eigenvalue weighted by molar-refractivity contribution is -0.384. The summed E-state index contributed by atoms with van der Waals surface area (Å²) in [6.45, 7) is 0.862. The number of ether oxygens (including phenoxy) is 7. The number of azide groups is 8. The van der Waals surface area contributed by atoms with Gasteiger partial charge in [0.1, 0.15) is 48.8 Å². The van der Waals surface area contributed by atoms with Crippen molar-refractivity contribution in [1.82, 2.24) is 0 Å². The number of aliphatic hydroxyl groups excluding tert-OH is 3. The Balaban J connectivity index is 0.000000367. The van der Waals surface area contributed by atoms with E-state index in [0.717, 1.165) is 38.1 Å². The zero-order valence-electron chi connectivity index (χ0n) is 39.4. The summed E-state index contributed by atoms with van der Waals surface area (Å²) >= 11 is 0. The zero-order valence-corrected chi connectivity index (χ0v) is 39.4. The maximum Gasteiger partial charge on any atom is 0.338 e. The van der Waals surface area contributed by atoms with E-state index in [4.69, 9.17) is 66.3 Å². The smallest absolute Gasteiger partial charge is 0.338 e. The summed E-state index contributed by atoms with van der Waals surface area (Å²) in [4.78, 5) is 67.9. The molecule has 0 bridgehead atoms. The van der Waals surface area contributed by atoms with Crippen LogP contribution in [0.2, 0.25) is 0 Å². The molecule has 2 aliphatic carbocycles. The van der Waals surface area contributed by atoms with Gasteiger partial charge in [-0.15, -0.1) is 0 Å². The first-order valence-electron chi connectivity index (χ1n) is 21.9. The standard InChI is InChI=1S/C23H24FN13O10.C12H17FN12O5/c1-9(38)43-18-13(30-34-26)7-14(31-35-27)19(21(18)44-10(2)39)47-23-17(32-36-28)16(24)20(15(45-23)8-29-33-25)46-22(40)11-3-5-12(6-4-11)37(41)42;13-6-7(21-25-17)12(29-5(9(6)27)2-18-22-14)30-11-4(20-24-16)1-3(19-23-15)8(26)10(11)28/h3-6,13-21,23H,7-8H2,1-2H3;3-12,26-28H,1-2H2/t13-,14+,15-,16-,17-,18+,19-,20+,21-,23-;3-,4+,5-,6-,7-,8+,9+,10-,11-,12-/m11/s1. The average Bonchev–Trinajstić information content (AvgIpc) is 3.39. The second-order valence-corrected chi connectivity index (χ2v) is 16.2. The molecule has 42 heteroatoms. The molecule has 40 nitrogen and oxygen atoms in total. The number of esters is 3. The number of nitro benzene ring substituents is 1. The molecule has 0 unspecified atom stereocenters. The van der Waals surface area contributed by atoms with Crippen LogP contribution >= 0.6 is 0 Å². The lowest BCUT2D eigenvalue weighted by atomic mass is 9.84. The van der Waals surface area contributed by atoms with Crippen molar-refractivity contribution in [3.05, 3.63) is 123 Å². The summed E-state index contributed by atoms with van der Waals surface area (Å²) in [6, 6.07) is -4.43. The van der Waals surface area contributed by atoms with E-state index in [1.54, 1.807) is 0 Å². The van der Waals surface area contributed by atoms with Gasteiger partial charge in [0.15, 0.2) is 31.0 Å². The predicted molar refractivity (Wildman–Crippen MR) is 243 cm³/mol. The van der Waals surface area contributed by atoms with Gasteiger partial charge in [0, 0.05) is 65.3 Å². The Morgan fingerprint density at radius 1 is 0.584 bits per heavy atom. The molecule has 0 radical (unpaired) electrons. The molecule has 2 aliphatic heterocycles. The third-order valence-corrected chi connectivity index (χ3v) is 11.6. The summed E-state index contributed by atoms with van der Waals surface area (Å²) in [7, 11) is 0. The van der Waals surface area contributed by atoms with Gasteiger partial charge in [0.25, 0.3) is 5.69 Å². The van der Waals surface area contributed by atoms with E-state index in [9.17, 15) is 55.3 Å². The van der Waals surface area contributed by atoms with Gasteiger partial charge in [0.05, 0.1) is 66.1 Å². The van der Waals surface area contributed by atoms with Gasteiger partial charge < -0.3 is 48.5 Å². The Bertz CT molecular complexity index is 2700. The number of benzene rings is 1. The molecular weight excluding hydrogens is 1050 g/mol. The van der Waals surface area contributed by atoms with E-state index < -0.39 is 158 Å². The Morgan fingerprint density at radius 2 is 1.03 bits per heavy atom. The molecule has 3 N–H and O–H groups in total. The number of aliphatic hydroxyl groups is 3. The summed E-state index contributed by atoms with van der Waals surface area (Å²) in [5, 5.41) is 68.6.